The Bertz CT molecular complexity index is 405. The summed E-state index contributed by atoms with van der Waals surface area (Å²) in [6.45, 7) is 7.87. The summed E-state index contributed by atoms with van der Waals surface area (Å²) in [4.78, 5) is 11.8. The maximum atomic E-state index is 11.8. The zero-order chi connectivity index (χ0) is 13.0. The summed E-state index contributed by atoms with van der Waals surface area (Å²) < 4.78 is 0. The molecule has 0 saturated carbocycles. The summed E-state index contributed by atoms with van der Waals surface area (Å²) in [6.07, 6.45) is 0.971. The van der Waals surface area contributed by atoms with E-state index in [1.165, 1.54) is 11.1 Å². The minimum absolute atomic E-state index is 0. The fraction of sp³-hybridized carbons (Fsp3) is 0.500. The van der Waals surface area contributed by atoms with Gasteiger partial charge in [0, 0.05) is 11.7 Å². The van der Waals surface area contributed by atoms with E-state index in [1.807, 2.05) is 32.0 Å². The number of anilines is 1. The van der Waals surface area contributed by atoms with Gasteiger partial charge in [-0.2, -0.15) is 0 Å². The highest BCUT2D eigenvalue weighted by atomic mass is 35.5. The molecule has 4 heteroatoms. The number of aryl methyl sites for hydroxylation is 2. The Balaban J connectivity index is 0.00000289. The van der Waals surface area contributed by atoms with Gasteiger partial charge < -0.3 is 11.1 Å². The van der Waals surface area contributed by atoms with E-state index in [2.05, 4.69) is 19.2 Å². The number of nitrogens with one attached hydrogen (secondary N) is 1. The molecule has 0 radical (unpaired) electrons. The number of benzene rings is 1. The van der Waals surface area contributed by atoms with Crippen LogP contribution in [0, 0.1) is 12.8 Å². The van der Waals surface area contributed by atoms with E-state index in [-0.39, 0.29) is 30.3 Å². The molecule has 0 aromatic heterocycles. The SMILES string of the molecule is CCc1cc(NC(=O)C(C)C(C)N)ccc1C.Cl. The third-order valence-corrected chi connectivity index (χ3v) is 3.20. The van der Waals surface area contributed by atoms with E-state index in [1.54, 1.807) is 0 Å². The van der Waals surface area contributed by atoms with Gasteiger partial charge in [0.2, 0.25) is 5.91 Å². The van der Waals surface area contributed by atoms with E-state index < -0.39 is 0 Å². The molecule has 2 unspecified atom stereocenters. The lowest BCUT2D eigenvalue weighted by atomic mass is 10.0. The topological polar surface area (TPSA) is 55.1 Å². The van der Waals surface area contributed by atoms with Gasteiger partial charge in [0.25, 0.3) is 0 Å². The first-order valence-corrected chi connectivity index (χ1v) is 6.11. The number of nitrogens with two attached hydrogens (primary N) is 1. The standard InChI is InChI=1S/C14H22N2O.ClH/c1-5-12-8-13(7-6-9(12)2)16-14(17)10(3)11(4)15;/h6-8,10-11H,5,15H2,1-4H3,(H,16,17);1H. The van der Waals surface area contributed by atoms with Gasteiger partial charge in [-0.05, 0) is 43.5 Å². The van der Waals surface area contributed by atoms with Crippen LogP contribution in [0.5, 0.6) is 0 Å². The molecule has 0 spiro atoms. The van der Waals surface area contributed by atoms with Gasteiger partial charge in [-0.25, -0.2) is 0 Å². The van der Waals surface area contributed by atoms with Gasteiger partial charge in [-0.15, -0.1) is 12.4 Å². The maximum absolute atomic E-state index is 11.8. The summed E-state index contributed by atoms with van der Waals surface area (Å²) in [5.74, 6) is -0.202. The molecular weight excluding hydrogens is 248 g/mol. The summed E-state index contributed by atoms with van der Waals surface area (Å²) in [7, 11) is 0. The molecule has 3 nitrogen and oxygen atoms in total. The second-order valence-corrected chi connectivity index (χ2v) is 4.63. The normalized spacial score (nSPS) is 13.4. The quantitative estimate of drug-likeness (QED) is 0.884. The Labute approximate surface area is 116 Å². The third-order valence-electron chi connectivity index (χ3n) is 3.20. The zero-order valence-corrected chi connectivity index (χ0v) is 12.3. The highest BCUT2D eigenvalue weighted by molar-refractivity contribution is 5.92. The molecule has 1 aromatic rings. The van der Waals surface area contributed by atoms with Crippen molar-refractivity contribution in [2.45, 2.75) is 40.2 Å². The minimum atomic E-state index is -0.179. The average molecular weight is 271 g/mol. The summed E-state index contributed by atoms with van der Waals surface area (Å²) in [6, 6.07) is 5.86. The molecule has 0 heterocycles. The molecule has 0 aliphatic heterocycles. The molecule has 0 fully saturated rings. The zero-order valence-electron chi connectivity index (χ0n) is 11.5. The van der Waals surface area contributed by atoms with Crippen molar-refractivity contribution < 1.29 is 4.79 Å². The number of hydrogen-bond acceptors (Lipinski definition) is 2. The molecule has 1 aromatic carbocycles. The lowest BCUT2D eigenvalue weighted by molar-refractivity contribution is -0.119. The summed E-state index contributed by atoms with van der Waals surface area (Å²) >= 11 is 0. The van der Waals surface area contributed by atoms with Crippen LogP contribution in [0.25, 0.3) is 0 Å². The van der Waals surface area contributed by atoms with Gasteiger partial charge in [-0.1, -0.05) is 19.9 Å². The fourth-order valence-corrected chi connectivity index (χ4v) is 1.62. The Morgan fingerprint density at radius 2 is 2.00 bits per heavy atom. The lowest BCUT2D eigenvalue weighted by Gasteiger charge is -2.16. The van der Waals surface area contributed by atoms with Crippen molar-refractivity contribution in [2.24, 2.45) is 11.7 Å². The van der Waals surface area contributed by atoms with Gasteiger partial charge >= 0.3 is 0 Å². The van der Waals surface area contributed by atoms with Crippen molar-refractivity contribution in [2.75, 3.05) is 5.32 Å². The van der Waals surface area contributed by atoms with E-state index in [4.69, 9.17) is 5.73 Å². The lowest BCUT2D eigenvalue weighted by Crippen LogP contribution is -2.34. The van der Waals surface area contributed by atoms with Crippen LogP contribution in [0.3, 0.4) is 0 Å². The molecular formula is C14H23ClN2O. The van der Waals surface area contributed by atoms with Crippen LogP contribution in [-0.4, -0.2) is 11.9 Å². The molecule has 1 rings (SSSR count). The van der Waals surface area contributed by atoms with Crippen LogP contribution < -0.4 is 11.1 Å². The fourth-order valence-electron chi connectivity index (χ4n) is 1.62. The number of carbonyl (C=O) groups excluding carboxylic acids is 1. The number of hydrogen-bond donors (Lipinski definition) is 2. The Kier molecular flexibility index (Phi) is 6.96. The molecule has 102 valence electrons. The highest BCUT2D eigenvalue weighted by Crippen LogP contribution is 2.16. The average Bonchev–Trinajstić information content (AvgIpc) is 2.30. The van der Waals surface area contributed by atoms with Crippen LogP contribution >= 0.6 is 12.4 Å². The molecule has 2 atom stereocenters. The van der Waals surface area contributed by atoms with E-state index in [0.717, 1.165) is 12.1 Å². The van der Waals surface area contributed by atoms with Crippen LogP contribution in [0.4, 0.5) is 5.69 Å². The predicted molar refractivity (Wildman–Crippen MR) is 79.2 cm³/mol. The van der Waals surface area contributed by atoms with Crippen molar-refractivity contribution in [1.82, 2.24) is 0 Å². The molecule has 0 aliphatic carbocycles. The summed E-state index contributed by atoms with van der Waals surface area (Å²) in [5.41, 5.74) is 9.08. The second-order valence-electron chi connectivity index (χ2n) is 4.63. The third kappa shape index (κ3) is 4.31. The summed E-state index contributed by atoms with van der Waals surface area (Å²) in [5, 5.41) is 2.91. The number of amides is 1. The van der Waals surface area contributed by atoms with Crippen molar-refractivity contribution in [1.29, 1.82) is 0 Å². The second kappa shape index (κ2) is 7.39. The van der Waals surface area contributed by atoms with E-state index in [0.29, 0.717) is 0 Å². The van der Waals surface area contributed by atoms with Crippen molar-refractivity contribution in [3.63, 3.8) is 0 Å². The predicted octanol–water partition coefficient (Wildman–Crippen LogP) is 2.90. The first-order valence-electron chi connectivity index (χ1n) is 6.11. The monoisotopic (exact) mass is 270 g/mol. The van der Waals surface area contributed by atoms with Gasteiger partial charge in [-0.3, -0.25) is 4.79 Å². The molecule has 1 amide bonds. The Morgan fingerprint density at radius 1 is 1.39 bits per heavy atom. The maximum Gasteiger partial charge on any atom is 0.228 e. The Morgan fingerprint density at radius 3 is 2.50 bits per heavy atom. The molecule has 0 saturated heterocycles. The van der Waals surface area contributed by atoms with Crippen molar-refractivity contribution in [3.05, 3.63) is 29.3 Å². The van der Waals surface area contributed by atoms with Crippen LogP contribution in [0.2, 0.25) is 0 Å². The van der Waals surface area contributed by atoms with Crippen molar-refractivity contribution in [3.8, 4) is 0 Å². The number of carbonyl (C=O) groups is 1. The van der Waals surface area contributed by atoms with Crippen LogP contribution in [0.1, 0.15) is 31.9 Å². The molecule has 18 heavy (non-hydrogen) atoms. The van der Waals surface area contributed by atoms with Gasteiger partial charge in [0.05, 0.1) is 5.92 Å². The van der Waals surface area contributed by atoms with E-state index >= 15 is 0 Å². The molecule has 3 N–H and O–H groups in total. The van der Waals surface area contributed by atoms with Gasteiger partial charge in [0.1, 0.15) is 0 Å². The first-order chi connectivity index (χ1) is 7.95. The smallest absolute Gasteiger partial charge is 0.228 e. The van der Waals surface area contributed by atoms with Crippen LogP contribution in [0.15, 0.2) is 18.2 Å². The highest BCUT2D eigenvalue weighted by Gasteiger charge is 2.17. The van der Waals surface area contributed by atoms with Crippen molar-refractivity contribution >= 4 is 24.0 Å². The van der Waals surface area contributed by atoms with Gasteiger partial charge in [0.15, 0.2) is 0 Å². The molecule has 0 bridgehead atoms. The number of halogens is 1. The van der Waals surface area contributed by atoms with Crippen LogP contribution in [-0.2, 0) is 11.2 Å². The minimum Gasteiger partial charge on any atom is -0.327 e. The largest absolute Gasteiger partial charge is 0.327 e. The van der Waals surface area contributed by atoms with E-state index in [9.17, 15) is 4.79 Å². The molecule has 0 aliphatic rings. The number of rotatable bonds is 4. The first kappa shape index (κ1) is 16.9. The Hall–Kier alpha value is -1.06.